The van der Waals surface area contributed by atoms with Crippen molar-refractivity contribution in [2.45, 2.75) is 82.5 Å². The van der Waals surface area contributed by atoms with E-state index < -0.39 is 34.2 Å². The molecule has 0 aromatic carbocycles. The average molecular weight is 445 g/mol. The van der Waals surface area contributed by atoms with Crippen LogP contribution < -0.4 is 16.4 Å². The maximum Gasteiger partial charge on any atom is 0.408 e. The highest BCUT2D eigenvalue weighted by Gasteiger charge is 2.46. The van der Waals surface area contributed by atoms with E-state index in [4.69, 9.17) is 15.2 Å². The minimum absolute atomic E-state index is 0.0373. The topological polar surface area (TPSA) is 123 Å². The quantitative estimate of drug-likeness (QED) is 0.582. The molecule has 1 spiro atoms. The predicted octanol–water partition coefficient (Wildman–Crippen LogP) is 1.20. The minimum Gasteiger partial charge on any atom is -0.444 e. The molecule has 2 rings (SSSR count). The molecule has 2 aliphatic heterocycles. The number of nitrogens with one attached hydrogen (secondary N) is 2. The largest absolute Gasteiger partial charge is 0.444 e. The third-order valence-electron chi connectivity index (χ3n) is 4.75. The number of ether oxygens (including phenoxy) is 2. The summed E-state index contributed by atoms with van der Waals surface area (Å²) in [6, 6.07) is -1.27. The highest BCUT2D eigenvalue weighted by atomic mass is 32.2. The van der Waals surface area contributed by atoms with Crippen molar-refractivity contribution >= 4 is 29.7 Å². The zero-order chi connectivity index (χ0) is 22.7. The molecular weight excluding hydrogens is 408 g/mol. The van der Waals surface area contributed by atoms with Gasteiger partial charge in [0, 0.05) is 18.8 Å². The molecule has 3 atom stereocenters. The Kier molecular flexibility index (Phi) is 7.68. The first-order chi connectivity index (χ1) is 13.7. The number of alkyl carbamates (subject to hydrolysis) is 1. The van der Waals surface area contributed by atoms with Gasteiger partial charge in [-0.25, -0.2) is 4.79 Å². The second-order valence-electron chi connectivity index (χ2n) is 9.89. The van der Waals surface area contributed by atoms with Crippen molar-refractivity contribution in [3.05, 3.63) is 0 Å². The summed E-state index contributed by atoms with van der Waals surface area (Å²) in [6.45, 7) is 12.0. The molecule has 0 radical (unpaired) electrons. The third kappa shape index (κ3) is 7.31. The lowest BCUT2D eigenvalue weighted by atomic mass is 10.0. The summed E-state index contributed by atoms with van der Waals surface area (Å²) in [5.41, 5.74) is 4.30. The zero-order valence-corrected chi connectivity index (χ0v) is 19.7. The Morgan fingerprint density at radius 2 is 1.90 bits per heavy atom. The van der Waals surface area contributed by atoms with Gasteiger partial charge >= 0.3 is 6.09 Å². The number of carbonyl (C=O) groups excluding carboxylic acids is 3. The Labute approximate surface area is 183 Å². The summed E-state index contributed by atoms with van der Waals surface area (Å²) in [5, 5.41) is 5.98. The number of thioether (sulfide) groups is 1. The molecule has 10 heteroatoms. The average Bonchev–Trinajstić information content (AvgIpc) is 2.99. The molecule has 0 saturated carbocycles. The molecule has 1 unspecified atom stereocenters. The van der Waals surface area contributed by atoms with Gasteiger partial charge in [0.05, 0.1) is 23.1 Å². The lowest BCUT2D eigenvalue weighted by molar-refractivity contribution is -0.138. The number of primary amides is 1. The fraction of sp³-hybridized carbons (Fsp3) is 0.850. The summed E-state index contributed by atoms with van der Waals surface area (Å²) in [7, 11) is 0. The van der Waals surface area contributed by atoms with E-state index in [2.05, 4.69) is 10.6 Å². The van der Waals surface area contributed by atoms with Gasteiger partial charge in [-0.1, -0.05) is 0 Å². The number of nitrogens with zero attached hydrogens (tertiary/aromatic N) is 1. The van der Waals surface area contributed by atoms with E-state index in [0.29, 0.717) is 18.8 Å². The van der Waals surface area contributed by atoms with E-state index in [9.17, 15) is 14.4 Å². The van der Waals surface area contributed by atoms with Gasteiger partial charge in [-0.2, -0.15) is 0 Å². The molecule has 0 aliphatic carbocycles. The van der Waals surface area contributed by atoms with Crippen LogP contribution in [0.2, 0.25) is 0 Å². The number of likely N-dealkylation sites (tertiary alicyclic amines) is 1. The Balaban J connectivity index is 2.09. The van der Waals surface area contributed by atoms with Crippen LogP contribution >= 0.6 is 11.8 Å². The maximum absolute atomic E-state index is 13.3. The number of piperidine rings is 1. The summed E-state index contributed by atoms with van der Waals surface area (Å²) < 4.78 is 11.1. The molecule has 2 fully saturated rings. The molecule has 2 aliphatic rings. The van der Waals surface area contributed by atoms with Crippen LogP contribution in [-0.2, 0) is 19.1 Å². The number of nitrogens with two attached hydrogens (primary N) is 1. The first kappa shape index (κ1) is 24.7. The van der Waals surface area contributed by atoms with Gasteiger partial charge in [0.25, 0.3) is 0 Å². The fourth-order valence-electron chi connectivity index (χ4n) is 3.42. The Morgan fingerprint density at radius 1 is 1.23 bits per heavy atom. The molecule has 172 valence electrons. The highest BCUT2D eigenvalue weighted by Crippen LogP contribution is 2.38. The number of rotatable bonds is 5. The Morgan fingerprint density at radius 3 is 2.43 bits per heavy atom. The van der Waals surface area contributed by atoms with Crippen molar-refractivity contribution in [2.75, 3.05) is 25.4 Å². The van der Waals surface area contributed by atoms with Gasteiger partial charge in [-0.15, -0.1) is 11.8 Å². The van der Waals surface area contributed by atoms with Crippen LogP contribution in [0.25, 0.3) is 0 Å². The van der Waals surface area contributed by atoms with Crippen LogP contribution in [-0.4, -0.2) is 76.4 Å². The Bertz CT molecular complexity index is 661. The molecule has 0 bridgehead atoms. The first-order valence-corrected chi connectivity index (χ1v) is 11.3. The van der Waals surface area contributed by atoms with E-state index in [0.717, 1.165) is 12.8 Å². The third-order valence-corrected chi connectivity index (χ3v) is 6.25. The molecule has 30 heavy (non-hydrogen) atoms. The van der Waals surface area contributed by atoms with Gasteiger partial charge in [0.2, 0.25) is 11.8 Å². The van der Waals surface area contributed by atoms with Gasteiger partial charge in [0.1, 0.15) is 11.6 Å². The van der Waals surface area contributed by atoms with E-state index in [1.165, 1.54) is 0 Å². The van der Waals surface area contributed by atoms with Gasteiger partial charge in [0.15, 0.2) is 0 Å². The lowest BCUT2D eigenvalue weighted by Gasteiger charge is -2.41. The van der Waals surface area contributed by atoms with Gasteiger partial charge in [-0.05, 0) is 54.4 Å². The standard InChI is InChI=1S/C20H36N4O5S/c1-18(2,3)28-10-13(22-17(27)29-19(4,5)6)16(26)24-9-7-8-20(12-24)23-14(11-30-20)15(21)25/h13-14,23H,7-12H2,1-6H3,(H2,21,25)(H,22,27)/t13-,14-,20?/m0/s1. The van der Waals surface area contributed by atoms with Crippen molar-refractivity contribution < 1.29 is 23.9 Å². The zero-order valence-electron chi connectivity index (χ0n) is 18.9. The Hall–Kier alpha value is -1.52. The fourth-order valence-corrected chi connectivity index (χ4v) is 4.92. The van der Waals surface area contributed by atoms with Crippen LogP contribution in [0.3, 0.4) is 0 Å². The minimum atomic E-state index is -0.868. The van der Waals surface area contributed by atoms with Crippen molar-refractivity contribution in [3.63, 3.8) is 0 Å². The maximum atomic E-state index is 13.3. The molecular formula is C20H36N4O5S. The lowest BCUT2D eigenvalue weighted by Crippen LogP contribution is -2.60. The molecule has 9 nitrogen and oxygen atoms in total. The van der Waals surface area contributed by atoms with Crippen LogP contribution in [0.1, 0.15) is 54.4 Å². The highest BCUT2D eigenvalue weighted by molar-refractivity contribution is 8.01. The molecule has 3 amide bonds. The van der Waals surface area contributed by atoms with Crippen LogP contribution in [0.4, 0.5) is 4.79 Å². The molecule has 2 saturated heterocycles. The molecule has 4 N–H and O–H groups in total. The summed E-state index contributed by atoms with van der Waals surface area (Å²) >= 11 is 1.63. The second kappa shape index (κ2) is 9.32. The summed E-state index contributed by atoms with van der Waals surface area (Å²) in [5.74, 6) is -0.0237. The van der Waals surface area contributed by atoms with Crippen LogP contribution in [0, 0.1) is 0 Å². The monoisotopic (exact) mass is 444 g/mol. The first-order valence-electron chi connectivity index (χ1n) is 10.3. The van der Waals surface area contributed by atoms with E-state index in [-0.39, 0.29) is 18.4 Å². The smallest absolute Gasteiger partial charge is 0.408 e. The van der Waals surface area contributed by atoms with Crippen LogP contribution in [0.15, 0.2) is 0 Å². The number of hydrogen-bond donors (Lipinski definition) is 3. The van der Waals surface area contributed by atoms with Crippen molar-refractivity contribution in [1.82, 2.24) is 15.5 Å². The summed E-state index contributed by atoms with van der Waals surface area (Å²) in [6.07, 6.45) is 0.969. The van der Waals surface area contributed by atoms with Crippen molar-refractivity contribution in [1.29, 1.82) is 0 Å². The van der Waals surface area contributed by atoms with Gasteiger partial charge in [-0.3, -0.25) is 14.9 Å². The predicted molar refractivity (Wildman–Crippen MR) is 116 cm³/mol. The molecule has 2 heterocycles. The normalized spacial score (nSPS) is 25.8. The number of carbonyl (C=O) groups is 3. The summed E-state index contributed by atoms with van der Waals surface area (Å²) in [4.78, 5) is 38.5. The van der Waals surface area contributed by atoms with E-state index in [1.807, 2.05) is 20.8 Å². The molecule has 0 aromatic heterocycles. The van der Waals surface area contributed by atoms with Crippen molar-refractivity contribution in [2.24, 2.45) is 5.73 Å². The van der Waals surface area contributed by atoms with E-state index in [1.54, 1.807) is 37.4 Å². The number of hydrogen-bond acceptors (Lipinski definition) is 7. The van der Waals surface area contributed by atoms with Gasteiger partial charge < -0.3 is 25.4 Å². The van der Waals surface area contributed by atoms with E-state index >= 15 is 0 Å². The number of amides is 3. The second-order valence-corrected chi connectivity index (χ2v) is 11.3. The van der Waals surface area contributed by atoms with Crippen LogP contribution in [0.5, 0.6) is 0 Å². The van der Waals surface area contributed by atoms with Crippen molar-refractivity contribution in [3.8, 4) is 0 Å². The SMILES string of the molecule is CC(C)(C)OC[C@H](NC(=O)OC(C)(C)C)C(=O)N1CCCC2(C1)N[C@H](C(N)=O)CS2. The molecule has 0 aromatic rings.